The molecule has 2 aromatic carbocycles. The summed E-state index contributed by atoms with van der Waals surface area (Å²) in [7, 11) is 0. The minimum atomic E-state index is -0.267. The highest BCUT2D eigenvalue weighted by atomic mass is 16.2. The van der Waals surface area contributed by atoms with E-state index in [0.717, 1.165) is 17.7 Å². The summed E-state index contributed by atoms with van der Waals surface area (Å²) in [5.74, 6) is 0.706. The zero-order chi connectivity index (χ0) is 21.8. The van der Waals surface area contributed by atoms with E-state index in [4.69, 9.17) is 4.98 Å². The Bertz CT molecular complexity index is 1120. The van der Waals surface area contributed by atoms with E-state index in [-0.39, 0.29) is 17.5 Å². The maximum atomic E-state index is 13.6. The van der Waals surface area contributed by atoms with E-state index in [1.165, 1.54) is 5.56 Å². The summed E-state index contributed by atoms with van der Waals surface area (Å²) in [6.07, 6.45) is 1.96. The summed E-state index contributed by atoms with van der Waals surface area (Å²) in [6.45, 7) is 10.7. The van der Waals surface area contributed by atoms with Crippen molar-refractivity contribution in [2.24, 2.45) is 0 Å². The molecular weight excluding hydrogens is 374 g/mol. The number of hydrogen-bond acceptors (Lipinski definition) is 3. The molecule has 158 valence electrons. The molecule has 0 aliphatic carbocycles. The van der Waals surface area contributed by atoms with Crippen LogP contribution in [-0.4, -0.2) is 26.9 Å². The van der Waals surface area contributed by atoms with Gasteiger partial charge in [0.25, 0.3) is 5.56 Å². The van der Waals surface area contributed by atoms with Crippen molar-refractivity contribution in [3.8, 4) is 5.69 Å². The number of benzene rings is 2. The number of amides is 1. The van der Waals surface area contributed by atoms with Gasteiger partial charge in [-0.25, -0.2) is 4.98 Å². The van der Waals surface area contributed by atoms with Crippen LogP contribution in [0, 0.1) is 13.8 Å². The zero-order valence-corrected chi connectivity index (χ0v) is 18.6. The molecule has 1 amide bonds. The summed E-state index contributed by atoms with van der Waals surface area (Å²) in [5, 5.41) is 0.582. The van der Waals surface area contributed by atoms with Crippen LogP contribution < -0.4 is 5.56 Å². The molecule has 1 atom stereocenters. The molecule has 0 N–H and O–H groups in total. The third kappa shape index (κ3) is 4.02. The van der Waals surface area contributed by atoms with Crippen LogP contribution in [0.3, 0.4) is 0 Å². The second kappa shape index (κ2) is 9.24. The van der Waals surface area contributed by atoms with Gasteiger partial charge in [-0.3, -0.25) is 14.2 Å². The quantitative estimate of drug-likeness (QED) is 0.549. The van der Waals surface area contributed by atoms with E-state index in [9.17, 15) is 9.59 Å². The van der Waals surface area contributed by atoms with Crippen molar-refractivity contribution >= 4 is 16.8 Å². The van der Waals surface area contributed by atoms with Crippen molar-refractivity contribution in [3.63, 3.8) is 0 Å². The third-order valence-electron chi connectivity index (χ3n) is 5.70. The van der Waals surface area contributed by atoms with Gasteiger partial charge in [-0.2, -0.15) is 0 Å². The number of carbonyl (C=O) groups excluding carboxylic acids is 1. The molecule has 5 nitrogen and oxygen atoms in total. The van der Waals surface area contributed by atoms with Crippen molar-refractivity contribution in [2.75, 3.05) is 6.54 Å². The van der Waals surface area contributed by atoms with Crippen LogP contribution in [0.5, 0.6) is 0 Å². The van der Waals surface area contributed by atoms with E-state index in [2.05, 4.69) is 13.8 Å². The van der Waals surface area contributed by atoms with Crippen molar-refractivity contribution < 1.29 is 4.79 Å². The molecule has 0 fully saturated rings. The van der Waals surface area contributed by atoms with Gasteiger partial charge in [-0.05, 0) is 62.1 Å². The Balaban J connectivity index is 2.34. The van der Waals surface area contributed by atoms with Gasteiger partial charge in [0, 0.05) is 13.0 Å². The standard InChI is InChI=1S/C25H31N3O2/c1-6-15-27(23(29)8-3)22(7-2)24-26-21-12-10-9-11-20(21)25(30)28(24)19-14-13-17(4)18(5)16-19/h9-14,16,22H,6-8,15H2,1-5H3. The molecule has 0 aliphatic heterocycles. The third-order valence-corrected chi connectivity index (χ3v) is 5.70. The topological polar surface area (TPSA) is 55.2 Å². The first-order valence-corrected chi connectivity index (χ1v) is 10.8. The molecule has 30 heavy (non-hydrogen) atoms. The van der Waals surface area contributed by atoms with Crippen LogP contribution in [0.25, 0.3) is 16.6 Å². The van der Waals surface area contributed by atoms with E-state index in [1.54, 1.807) is 4.57 Å². The largest absolute Gasteiger partial charge is 0.333 e. The average Bonchev–Trinajstić information content (AvgIpc) is 2.75. The highest BCUT2D eigenvalue weighted by Crippen LogP contribution is 2.27. The fourth-order valence-electron chi connectivity index (χ4n) is 3.93. The van der Waals surface area contributed by atoms with Gasteiger partial charge in [-0.1, -0.05) is 39.0 Å². The van der Waals surface area contributed by atoms with Gasteiger partial charge in [-0.15, -0.1) is 0 Å². The minimum absolute atomic E-state index is 0.0812. The van der Waals surface area contributed by atoms with Crippen molar-refractivity contribution in [2.45, 2.75) is 59.9 Å². The molecule has 0 radical (unpaired) electrons. The molecule has 0 saturated carbocycles. The summed E-state index contributed by atoms with van der Waals surface area (Å²) in [6, 6.07) is 13.2. The molecule has 1 aromatic heterocycles. The summed E-state index contributed by atoms with van der Waals surface area (Å²) in [5.41, 5.74) is 3.63. The van der Waals surface area contributed by atoms with Gasteiger partial charge in [0.15, 0.2) is 0 Å². The van der Waals surface area contributed by atoms with Crippen molar-refractivity contribution in [1.82, 2.24) is 14.5 Å². The first kappa shape index (κ1) is 21.8. The predicted molar refractivity (Wildman–Crippen MR) is 122 cm³/mol. The SMILES string of the molecule is CCCN(C(=O)CC)C(CC)c1nc2ccccc2c(=O)n1-c1ccc(C)c(C)c1. The van der Waals surface area contributed by atoms with E-state index < -0.39 is 0 Å². The molecule has 0 bridgehead atoms. The van der Waals surface area contributed by atoms with E-state index >= 15 is 0 Å². The maximum absolute atomic E-state index is 13.6. The number of para-hydroxylation sites is 1. The van der Waals surface area contributed by atoms with Crippen LogP contribution in [-0.2, 0) is 4.79 Å². The number of aromatic nitrogens is 2. The lowest BCUT2D eigenvalue weighted by Gasteiger charge is -2.32. The fourth-order valence-corrected chi connectivity index (χ4v) is 3.93. The van der Waals surface area contributed by atoms with Crippen LogP contribution in [0.4, 0.5) is 0 Å². The van der Waals surface area contributed by atoms with E-state index in [1.807, 2.05) is 68.1 Å². The molecule has 3 rings (SSSR count). The Kier molecular flexibility index (Phi) is 6.70. The van der Waals surface area contributed by atoms with Crippen molar-refractivity contribution in [1.29, 1.82) is 0 Å². The molecule has 5 heteroatoms. The second-order valence-electron chi connectivity index (χ2n) is 7.76. The Morgan fingerprint density at radius 1 is 1.07 bits per heavy atom. The van der Waals surface area contributed by atoms with Gasteiger partial charge in [0.05, 0.1) is 22.6 Å². The number of carbonyl (C=O) groups is 1. The maximum Gasteiger partial charge on any atom is 0.266 e. The summed E-state index contributed by atoms with van der Waals surface area (Å²) >= 11 is 0. The molecule has 1 heterocycles. The fraction of sp³-hybridized carbons (Fsp3) is 0.400. The highest BCUT2D eigenvalue weighted by molar-refractivity contribution is 5.79. The molecule has 0 spiro atoms. The molecule has 0 saturated heterocycles. The van der Waals surface area contributed by atoms with Crippen LogP contribution in [0.15, 0.2) is 47.3 Å². The smallest absolute Gasteiger partial charge is 0.266 e. The van der Waals surface area contributed by atoms with Gasteiger partial charge < -0.3 is 4.90 Å². The lowest BCUT2D eigenvalue weighted by Crippen LogP contribution is -2.38. The predicted octanol–water partition coefficient (Wildman–Crippen LogP) is 5.10. The Morgan fingerprint density at radius 2 is 1.80 bits per heavy atom. The van der Waals surface area contributed by atoms with Gasteiger partial charge in [0.2, 0.25) is 5.91 Å². The lowest BCUT2D eigenvalue weighted by molar-refractivity contribution is -0.133. The average molecular weight is 406 g/mol. The number of nitrogens with zero attached hydrogens (tertiary/aromatic N) is 3. The molecular formula is C25H31N3O2. The summed E-state index contributed by atoms with van der Waals surface area (Å²) in [4.78, 5) is 33.2. The highest BCUT2D eigenvalue weighted by Gasteiger charge is 2.27. The van der Waals surface area contributed by atoms with E-state index in [0.29, 0.717) is 36.1 Å². The first-order chi connectivity index (χ1) is 14.4. The molecule has 1 unspecified atom stereocenters. The second-order valence-corrected chi connectivity index (χ2v) is 7.76. The van der Waals surface area contributed by atoms with Crippen LogP contribution >= 0.6 is 0 Å². The minimum Gasteiger partial charge on any atom is -0.333 e. The Hall–Kier alpha value is -2.95. The number of rotatable bonds is 7. The number of aryl methyl sites for hydroxylation is 2. The summed E-state index contributed by atoms with van der Waals surface area (Å²) < 4.78 is 1.70. The monoisotopic (exact) mass is 405 g/mol. The van der Waals surface area contributed by atoms with Gasteiger partial charge >= 0.3 is 0 Å². The Morgan fingerprint density at radius 3 is 2.43 bits per heavy atom. The zero-order valence-electron chi connectivity index (χ0n) is 18.6. The van der Waals surface area contributed by atoms with Gasteiger partial charge in [0.1, 0.15) is 5.82 Å². The first-order valence-electron chi connectivity index (χ1n) is 10.8. The molecule has 0 aliphatic rings. The number of hydrogen-bond donors (Lipinski definition) is 0. The lowest BCUT2D eigenvalue weighted by atomic mass is 10.1. The number of fused-ring (bicyclic) bond motifs is 1. The van der Waals surface area contributed by atoms with Crippen LogP contribution in [0.1, 0.15) is 63.0 Å². The normalized spacial score (nSPS) is 12.2. The Labute approximate surface area is 178 Å². The van der Waals surface area contributed by atoms with Crippen molar-refractivity contribution in [3.05, 3.63) is 69.8 Å². The van der Waals surface area contributed by atoms with Crippen LogP contribution in [0.2, 0.25) is 0 Å². The molecule has 3 aromatic rings.